The van der Waals surface area contributed by atoms with Crippen LogP contribution in [-0.4, -0.2) is 17.6 Å². The molecule has 0 bridgehead atoms. The second-order valence-corrected chi connectivity index (χ2v) is 3.24. The third kappa shape index (κ3) is 3.41. The fourth-order valence-electron chi connectivity index (χ4n) is 0.730. The van der Waals surface area contributed by atoms with Crippen molar-refractivity contribution in [2.24, 2.45) is 0 Å². The van der Waals surface area contributed by atoms with Crippen LogP contribution in [0.3, 0.4) is 0 Å². The number of amides is 2. The molecule has 1 heterocycles. The molecule has 0 aliphatic rings. The Balaban J connectivity index is 2.49. The largest absolute Gasteiger partial charge is 0.325 e. The third-order valence-corrected chi connectivity index (χ3v) is 1.77. The van der Waals surface area contributed by atoms with Crippen molar-refractivity contribution in [1.29, 1.82) is 5.26 Å². The predicted octanol–water partition coefficient (Wildman–Crippen LogP) is 1.49. The highest BCUT2D eigenvalue weighted by molar-refractivity contribution is 9.10. The van der Waals surface area contributed by atoms with Crippen LogP contribution in [-0.2, 0) is 0 Å². The summed E-state index contributed by atoms with van der Waals surface area (Å²) in [6.45, 7) is -0.0254. The highest BCUT2D eigenvalue weighted by Crippen LogP contribution is 2.09. The van der Waals surface area contributed by atoms with Crippen LogP contribution >= 0.6 is 15.9 Å². The van der Waals surface area contributed by atoms with Crippen LogP contribution in [0, 0.1) is 11.3 Å². The quantitative estimate of drug-likeness (QED) is 0.786. The molecule has 0 radical (unpaired) electrons. The number of aromatic nitrogens is 1. The van der Waals surface area contributed by atoms with Gasteiger partial charge in [0, 0.05) is 10.7 Å². The van der Waals surface area contributed by atoms with Crippen molar-refractivity contribution < 1.29 is 4.79 Å². The third-order valence-electron chi connectivity index (χ3n) is 1.30. The van der Waals surface area contributed by atoms with Gasteiger partial charge in [0.25, 0.3) is 0 Å². The summed E-state index contributed by atoms with van der Waals surface area (Å²) in [4.78, 5) is 15.0. The van der Waals surface area contributed by atoms with E-state index in [0.29, 0.717) is 5.82 Å². The highest BCUT2D eigenvalue weighted by Gasteiger charge is 2.00. The van der Waals surface area contributed by atoms with Crippen molar-refractivity contribution >= 4 is 27.8 Å². The first-order valence-electron chi connectivity index (χ1n) is 3.75. The molecule has 5 nitrogen and oxygen atoms in total. The van der Waals surface area contributed by atoms with Gasteiger partial charge in [-0.3, -0.25) is 5.32 Å². The topological polar surface area (TPSA) is 77.8 Å². The second-order valence-electron chi connectivity index (χ2n) is 2.33. The lowest BCUT2D eigenvalue weighted by molar-refractivity contribution is 0.253. The monoisotopic (exact) mass is 254 g/mol. The van der Waals surface area contributed by atoms with E-state index < -0.39 is 6.03 Å². The van der Waals surface area contributed by atoms with Gasteiger partial charge >= 0.3 is 6.03 Å². The normalized spacial score (nSPS) is 8.86. The number of nitrogens with one attached hydrogen (secondary N) is 2. The lowest BCUT2D eigenvalue weighted by atomic mass is 10.5. The summed E-state index contributed by atoms with van der Waals surface area (Å²) in [5.74, 6) is 0.434. The van der Waals surface area contributed by atoms with Crippen LogP contribution < -0.4 is 10.6 Å². The first kappa shape index (κ1) is 10.5. The van der Waals surface area contributed by atoms with Crippen molar-refractivity contribution in [2.75, 3.05) is 11.9 Å². The number of rotatable bonds is 2. The van der Waals surface area contributed by atoms with E-state index in [9.17, 15) is 4.79 Å². The molecule has 0 saturated carbocycles. The number of anilines is 1. The molecular formula is C8H7BrN4O. The van der Waals surface area contributed by atoms with E-state index in [4.69, 9.17) is 5.26 Å². The Kier molecular flexibility index (Phi) is 3.88. The van der Waals surface area contributed by atoms with E-state index in [1.807, 2.05) is 0 Å². The SMILES string of the molecule is N#CCNC(=O)Nc1ccc(Br)cn1. The lowest BCUT2D eigenvalue weighted by Crippen LogP contribution is -2.29. The van der Waals surface area contributed by atoms with Gasteiger partial charge in [0.05, 0.1) is 6.07 Å². The summed E-state index contributed by atoms with van der Waals surface area (Å²) in [6.07, 6.45) is 1.57. The van der Waals surface area contributed by atoms with Gasteiger partial charge in [-0.15, -0.1) is 0 Å². The fraction of sp³-hybridized carbons (Fsp3) is 0.125. The number of pyridine rings is 1. The summed E-state index contributed by atoms with van der Waals surface area (Å²) < 4.78 is 0.834. The van der Waals surface area contributed by atoms with Crippen molar-refractivity contribution in [1.82, 2.24) is 10.3 Å². The molecule has 0 aliphatic carbocycles. The van der Waals surface area contributed by atoms with Crippen LogP contribution in [0.5, 0.6) is 0 Å². The number of carbonyl (C=O) groups is 1. The molecule has 2 N–H and O–H groups in total. The van der Waals surface area contributed by atoms with E-state index in [0.717, 1.165) is 4.47 Å². The van der Waals surface area contributed by atoms with Crippen LogP contribution in [0.25, 0.3) is 0 Å². The first-order chi connectivity index (χ1) is 6.72. The average molecular weight is 255 g/mol. The molecule has 1 aromatic heterocycles. The Morgan fingerprint density at radius 3 is 3.00 bits per heavy atom. The minimum absolute atomic E-state index is 0.0254. The van der Waals surface area contributed by atoms with E-state index in [-0.39, 0.29) is 6.54 Å². The van der Waals surface area contributed by atoms with Crippen molar-refractivity contribution in [2.45, 2.75) is 0 Å². The van der Waals surface area contributed by atoms with Crippen molar-refractivity contribution in [3.63, 3.8) is 0 Å². The summed E-state index contributed by atoms with van der Waals surface area (Å²) in [5, 5.41) is 13.0. The van der Waals surface area contributed by atoms with Gasteiger partial charge in [0.1, 0.15) is 12.4 Å². The molecular weight excluding hydrogens is 248 g/mol. The molecule has 0 unspecified atom stereocenters. The molecule has 6 heteroatoms. The molecule has 1 rings (SSSR count). The van der Waals surface area contributed by atoms with E-state index in [2.05, 4.69) is 31.5 Å². The highest BCUT2D eigenvalue weighted by atomic mass is 79.9. The number of halogens is 1. The summed E-state index contributed by atoms with van der Waals surface area (Å²) in [6, 6.07) is 4.76. The minimum Gasteiger partial charge on any atom is -0.325 e. The number of nitriles is 1. The molecule has 0 aromatic carbocycles. The number of hydrogen-bond donors (Lipinski definition) is 2. The van der Waals surface area contributed by atoms with E-state index >= 15 is 0 Å². The number of nitrogens with zero attached hydrogens (tertiary/aromatic N) is 2. The van der Waals surface area contributed by atoms with Crippen LogP contribution in [0.1, 0.15) is 0 Å². The summed E-state index contributed by atoms with van der Waals surface area (Å²) >= 11 is 3.22. The maximum Gasteiger partial charge on any atom is 0.321 e. The maximum absolute atomic E-state index is 11.0. The molecule has 2 amide bonds. The van der Waals surface area contributed by atoms with Gasteiger partial charge in [-0.2, -0.15) is 5.26 Å². The van der Waals surface area contributed by atoms with Gasteiger partial charge in [-0.1, -0.05) is 0 Å². The number of urea groups is 1. The molecule has 0 atom stereocenters. The van der Waals surface area contributed by atoms with Gasteiger partial charge < -0.3 is 5.32 Å². The Hall–Kier alpha value is -1.61. The molecule has 1 aromatic rings. The van der Waals surface area contributed by atoms with Gasteiger partial charge in [0.2, 0.25) is 0 Å². The predicted molar refractivity (Wildman–Crippen MR) is 54.6 cm³/mol. The Labute approximate surface area is 89.3 Å². The zero-order valence-electron chi connectivity index (χ0n) is 7.12. The van der Waals surface area contributed by atoms with Crippen LogP contribution in [0.15, 0.2) is 22.8 Å². The molecule has 0 fully saturated rings. The van der Waals surface area contributed by atoms with E-state index in [1.54, 1.807) is 24.4 Å². The van der Waals surface area contributed by atoms with Crippen molar-refractivity contribution in [3.05, 3.63) is 22.8 Å². The minimum atomic E-state index is -0.443. The molecule has 0 saturated heterocycles. The molecule has 0 spiro atoms. The number of carbonyl (C=O) groups excluding carboxylic acids is 1. The molecule has 0 aliphatic heterocycles. The lowest BCUT2D eigenvalue weighted by Gasteiger charge is -2.03. The zero-order chi connectivity index (χ0) is 10.4. The second kappa shape index (κ2) is 5.19. The fourth-order valence-corrected chi connectivity index (χ4v) is 0.965. The smallest absolute Gasteiger partial charge is 0.321 e. The Morgan fingerprint density at radius 2 is 2.43 bits per heavy atom. The van der Waals surface area contributed by atoms with Crippen LogP contribution in [0.4, 0.5) is 10.6 Å². The first-order valence-corrected chi connectivity index (χ1v) is 4.55. The Bertz CT molecular complexity index is 357. The molecule has 72 valence electrons. The van der Waals surface area contributed by atoms with Gasteiger partial charge in [0.15, 0.2) is 0 Å². The standard InChI is InChI=1S/C8H7BrN4O/c9-6-1-2-7(12-5-6)13-8(14)11-4-3-10/h1-2,5H,4H2,(H2,11,12,13,14). The zero-order valence-corrected chi connectivity index (χ0v) is 8.71. The Morgan fingerprint density at radius 1 is 1.64 bits per heavy atom. The maximum atomic E-state index is 11.0. The van der Waals surface area contributed by atoms with E-state index in [1.165, 1.54) is 0 Å². The molecule has 14 heavy (non-hydrogen) atoms. The van der Waals surface area contributed by atoms with Crippen molar-refractivity contribution in [3.8, 4) is 6.07 Å². The average Bonchev–Trinajstić information content (AvgIpc) is 2.18. The van der Waals surface area contributed by atoms with Gasteiger partial charge in [-0.25, -0.2) is 9.78 Å². The number of hydrogen-bond acceptors (Lipinski definition) is 3. The summed E-state index contributed by atoms with van der Waals surface area (Å²) in [5.41, 5.74) is 0. The van der Waals surface area contributed by atoms with Crippen LogP contribution in [0.2, 0.25) is 0 Å². The summed E-state index contributed by atoms with van der Waals surface area (Å²) in [7, 11) is 0. The van der Waals surface area contributed by atoms with Gasteiger partial charge in [-0.05, 0) is 28.1 Å².